The molecule has 3 aromatic carbocycles. The van der Waals surface area contributed by atoms with E-state index in [1.165, 1.54) is 11.1 Å². The van der Waals surface area contributed by atoms with Gasteiger partial charge >= 0.3 is 0 Å². The zero-order valence-corrected chi connectivity index (χ0v) is 22.7. The first-order valence-electron chi connectivity index (χ1n) is 13.3. The van der Waals surface area contributed by atoms with E-state index in [1.807, 2.05) is 42.5 Å². The summed E-state index contributed by atoms with van der Waals surface area (Å²) >= 11 is 0. The van der Waals surface area contributed by atoms with E-state index in [-0.39, 0.29) is 24.5 Å². The first-order chi connectivity index (χ1) is 19.0. The lowest BCUT2D eigenvalue weighted by atomic mass is 9.88. The lowest BCUT2D eigenvalue weighted by molar-refractivity contribution is -0.123. The standard InChI is InChI=1S/C31H35FN2O5/c1-36-27-11-8-20(15-28(27)37-2)14-26-24-17-30(39-19-32)29(38-3)16-22(24)12-13-34(26)18-31(35)33-25-10-9-21-6-4-5-7-23(21)25/h4-8,11,15-17,25-26H,9-10,12-14,18-19H2,1-3H3,(H,33,35). The number of fused-ring (bicyclic) bond motifs is 2. The Morgan fingerprint density at radius 1 is 0.897 bits per heavy atom. The Hall–Kier alpha value is -3.78. The molecule has 1 aliphatic heterocycles. The molecule has 1 amide bonds. The minimum absolute atomic E-state index is 0.00814. The normalized spacial score (nSPS) is 18.2. The van der Waals surface area contributed by atoms with Gasteiger partial charge in [0.2, 0.25) is 12.8 Å². The van der Waals surface area contributed by atoms with Crippen LogP contribution in [0.4, 0.5) is 4.39 Å². The van der Waals surface area contributed by atoms with Gasteiger partial charge in [-0.25, -0.2) is 4.39 Å². The van der Waals surface area contributed by atoms with Crippen molar-refractivity contribution in [2.75, 3.05) is 41.3 Å². The van der Waals surface area contributed by atoms with Crippen molar-refractivity contribution in [3.8, 4) is 23.0 Å². The molecule has 0 saturated heterocycles. The summed E-state index contributed by atoms with van der Waals surface area (Å²) in [5.41, 5.74) is 5.64. The number of nitrogens with zero attached hydrogens (tertiary/aromatic N) is 1. The summed E-state index contributed by atoms with van der Waals surface area (Å²) in [6, 6.07) is 17.8. The summed E-state index contributed by atoms with van der Waals surface area (Å²) in [6.45, 7) is -0.00202. The quantitative estimate of drug-likeness (QED) is 0.397. The van der Waals surface area contributed by atoms with Crippen molar-refractivity contribution in [2.45, 2.75) is 37.8 Å². The van der Waals surface area contributed by atoms with Crippen LogP contribution in [0.2, 0.25) is 0 Å². The summed E-state index contributed by atoms with van der Waals surface area (Å²) in [5, 5.41) is 3.26. The van der Waals surface area contributed by atoms with Crippen LogP contribution < -0.4 is 24.3 Å². The topological polar surface area (TPSA) is 69.3 Å². The fourth-order valence-corrected chi connectivity index (χ4v) is 5.88. The molecule has 8 heteroatoms. The van der Waals surface area contributed by atoms with Crippen LogP contribution in [0.3, 0.4) is 0 Å². The number of amides is 1. The van der Waals surface area contributed by atoms with Crippen molar-refractivity contribution in [1.29, 1.82) is 0 Å². The van der Waals surface area contributed by atoms with Gasteiger partial charge in [-0.3, -0.25) is 9.69 Å². The second-order valence-corrected chi connectivity index (χ2v) is 9.94. The predicted molar refractivity (Wildman–Crippen MR) is 147 cm³/mol. The van der Waals surface area contributed by atoms with E-state index in [0.29, 0.717) is 36.0 Å². The van der Waals surface area contributed by atoms with E-state index in [4.69, 9.17) is 18.9 Å². The highest BCUT2D eigenvalue weighted by Gasteiger charge is 2.32. The number of hydrogen-bond acceptors (Lipinski definition) is 6. The van der Waals surface area contributed by atoms with E-state index in [2.05, 4.69) is 22.3 Å². The Morgan fingerprint density at radius 3 is 2.44 bits per heavy atom. The van der Waals surface area contributed by atoms with Gasteiger partial charge in [-0.2, -0.15) is 0 Å². The Bertz CT molecular complexity index is 1330. The summed E-state index contributed by atoms with van der Waals surface area (Å²) in [5.74, 6) is 2.15. The highest BCUT2D eigenvalue weighted by atomic mass is 19.1. The number of rotatable bonds is 10. The average molecular weight is 535 g/mol. The Morgan fingerprint density at radius 2 is 1.67 bits per heavy atom. The molecule has 2 atom stereocenters. The van der Waals surface area contributed by atoms with Gasteiger partial charge in [0.1, 0.15) is 0 Å². The fourth-order valence-electron chi connectivity index (χ4n) is 5.88. The Kier molecular flexibility index (Phi) is 8.21. The van der Waals surface area contributed by atoms with Gasteiger partial charge in [-0.1, -0.05) is 30.3 Å². The Labute approximate surface area is 228 Å². The second kappa shape index (κ2) is 11.9. The summed E-state index contributed by atoms with van der Waals surface area (Å²) in [4.78, 5) is 15.6. The van der Waals surface area contributed by atoms with E-state index >= 15 is 0 Å². The van der Waals surface area contributed by atoms with Crippen LogP contribution in [0.15, 0.2) is 54.6 Å². The number of halogens is 1. The average Bonchev–Trinajstić information content (AvgIpc) is 3.36. The number of alkyl halides is 1. The van der Waals surface area contributed by atoms with Gasteiger partial charge in [-0.15, -0.1) is 0 Å². The van der Waals surface area contributed by atoms with Crippen LogP contribution in [0.1, 0.15) is 46.3 Å². The smallest absolute Gasteiger partial charge is 0.234 e. The third-order valence-corrected chi connectivity index (χ3v) is 7.80. The first kappa shape index (κ1) is 26.8. The Balaban J connectivity index is 1.43. The van der Waals surface area contributed by atoms with Crippen LogP contribution in [0.5, 0.6) is 23.0 Å². The van der Waals surface area contributed by atoms with Crippen molar-refractivity contribution in [1.82, 2.24) is 10.2 Å². The maximum atomic E-state index is 13.4. The SMILES string of the molecule is COc1ccc(CC2c3cc(OCF)c(OC)cc3CCN2CC(=O)NC2CCc3ccccc32)cc1OC. The maximum Gasteiger partial charge on any atom is 0.234 e. The number of methoxy groups -OCH3 is 3. The van der Waals surface area contributed by atoms with Crippen LogP contribution in [-0.4, -0.2) is 52.1 Å². The molecule has 0 fully saturated rings. The monoisotopic (exact) mass is 534 g/mol. The van der Waals surface area contributed by atoms with Gasteiger partial charge in [0.25, 0.3) is 0 Å². The zero-order valence-electron chi connectivity index (χ0n) is 22.7. The van der Waals surface area contributed by atoms with Gasteiger partial charge in [-0.05, 0) is 77.8 Å². The van der Waals surface area contributed by atoms with Gasteiger partial charge in [0, 0.05) is 12.6 Å². The number of carbonyl (C=O) groups is 1. The number of ether oxygens (including phenoxy) is 4. The summed E-state index contributed by atoms with van der Waals surface area (Å²) < 4.78 is 34.9. The predicted octanol–water partition coefficient (Wildman–Crippen LogP) is 4.96. The fraction of sp³-hybridized carbons (Fsp3) is 0.387. The first-order valence-corrected chi connectivity index (χ1v) is 13.3. The molecule has 39 heavy (non-hydrogen) atoms. The molecule has 206 valence electrons. The second-order valence-electron chi connectivity index (χ2n) is 9.94. The van der Waals surface area contributed by atoms with Gasteiger partial charge in [0.05, 0.1) is 33.9 Å². The molecule has 0 radical (unpaired) electrons. The molecule has 1 N–H and O–H groups in total. The summed E-state index contributed by atoms with van der Waals surface area (Å²) in [7, 11) is 4.77. The van der Waals surface area contributed by atoms with Crippen LogP contribution in [-0.2, 0) is 24.1 Å². The number of nitrogens with one attached hydrogen (secondary N) is 1. The van der Waals surface area contributed by atoms with Crippen molar-refractivity contribution in [3.63, 3.8) is 0 Å². The molecule has 0 bridgehead atoms. The van der Waals surface area contributed by atoms with Crippen molar-refractivity contribution >= 4 is 5.91 Å². The molecule has 5 rings (SSSR count). The molecule has 2 unspecified atom stereocenters. The lowest BCUT2D eigenvalue weighted by Gasteiger charge is -2.38. The largest absolute Gasteiger partial charge is 0.493 e. The minimum Gasteiger partial charge on any atom is -0.493 e. The van der Waals surface area contributed by atoms with Crippen molar-refractivity contribution in [3.05, 3.63) is 82.4 Å². The molecular formula is C31H35FN2O5. The highest BCUT2D eigenvalue weighted by Crippen LogP contribution is 2.40. The molecule has 7 nitrogen and oxygen atoms in total. The zero-order chi connectivity index (χ0) is 27.4. The van der Waals surface area contributed by atoms with E-state index in [0.717, 1.165) is 36.0 Å². The van der Waals surface area contributed by atoms with Crippen LogP contribution in [0.25, 0.3) is 0 Å². The molecule has 1 heterocycles. The van der Waals surface area contributed by atoms with Crippen LogP contribution in [0, 0.1) is 0 Å². The van der Waals surface area contributed by atoms with Crippen molar-refractivity contribution < 1.29 is 28.1 Å². The van der Waals surface area contributed by atoms with Crippen LogP contribution >= 0.6 is 0 Å². The van der Waals surface area contributed by atoms with E-state index in [9.17, 15) is 9.18 Å². The van der Waals surface area contributed by atoms with E-state index < -0.39 is 6.86 Å². The highest BCUT2D eigenvalue weighted by molar-refractivity contribution is 5.79. The van der Waals surface area contributed by atoms with Crippen molar-refractivity contribution in [2.24, 2.45) is 0 Å². The molecule has 1 aliphatic carbocycles. The maximum absolute atomic E-state index is 13.4. The number of benzene rings is 3. The van der Waals surface area contributed by atoms with Gasteiger partial charge in [0.15, 0.2) is 23.0 Å². The molecule has 2 aliphatic rings. The number of hydrogen-bond donors (Lipinski definition) is 1. The molecule has 0 aromatic heterocycles. The van der Waals surface area contributed by atoms with E-state index in [1.54, 1.807) is 21.3 Å². The third-order valence-electron chi connectivity index (χ3n) is 7.80. The molecule has 3 aromatic rings. The molecule has 0 spiro atoms. The third kappa shape index (κ3) is 5.66. The minimum atomic E-state index is -0.954. The lowest BCUT2D eigenvalue weighted by Crippen LogP contribution is -2.44. The van der Waals surface area contributed by atoms with Gasteiger partial charge < -0.3 is 24.3 Å². The number of aryl methyl sites for hydroxylation is 1. The number of carbonyl (C=O) groups excluding carboxylic acids is 1. The molecule has 0 saturated carbocycles. The molecular weight excluding hydrogens is 499 g/mol. The summed E-state index contributed by atoms with van der Waals surface area (Å²) in [6.07, 6.45) is 3.24.